The Kier molecular flexibility index (Phi) is 5.40. The molecule has 0 spiro atoms. The number of likely N-dealkylation sites (tertiary alicyclic amines) is 1. The second kappa shape index (κ2) is 7.56. The molecule has 2 aromatic rings. The van der Waals surface area contributed by atoms with Crippen LogP contribution in [0.1, 0.15) is 24.0 Å². The van der Waals surface area contributed by atoms with E-state index in [-0.39, 0.29) is 17.7 Å². The van der Waals surface area contributed by atoms with Crippen LogP contribution in [-0.4, -0.2) is 38.0 Å². The summed E-state index contributed by atoms with van der Waals surface area (Å²) in [5.41, 5.74) is 1.57. The van der Waals surface area contributed by atoms with Crippen LogP contribution in [0, 0.1) is 11.3 Å². The first kappa shape index (κ1) is 18.6. The van der Waals surface area contributed by atoms with Gasteiger partial charge in [0.05, 0.1) is 16.5 Å². The standard InChI is InChI=1S/C20H21FN2O2S/c21-20(26(24,25)19-8-6-18(16-22)7-9-19)11-14-23(15-12-20)13-10-17-4-2-1-3-5-17/h1-9H,10-15H2. The van der Waals surface area contributed by atoms with Gasteiger partial charge in [-0.15, -0.1) is 0 Å². The SMILES string of the molecule is N#Cc1ccc(S(=O)(=O)C2(F)CCN(CCc3ccccc3)CC2)cc1. The van der Waals surface area contributed by atoms with Crippen molar-refractivity contribution in [3.05, 3.63) is 65.7 Å². The first-order chi connectivity index (χ1) is 12.4. The van der Waals surface area contributed by atoms with E-state index >= 15 is 4.39 Å². The third-order valence-electron chi connectivity index (χ3n) is 4.94. The molecule has 1 heterocycles. The topological polar surface area (TPSA) is 61.2 Å². The van der Waals surface area contributed by atoms with Gasteiger partial charge >= 0.3 is 0 Å². The molecule has 0 bridgehead atoms. The van der Waals surface area contributed by atoms with Crippen LogP contribution < -0.4 is 0 Å². The third kappa shape index (κ3) is 3.79. The Balaban J connectivity index is 1.63. The van der Waals surface area contributed by atoms with E-state index in [1.807, 2.05) is 24.3 Å². The van der Waals surface area contributed by atoms with Gasteiger partial charge in [0.1, 0.15) is 0 Å². The maximum absolute atomic E-state index is 15.3. The number of hydrogen-bond acceptors (Lipinski definition) is 4. The number of piperidine rings is 1. The number of alkyl halides is 1. The smallest absolute Gasteiger partial charge is 0.217 e. The van der Waals surface area contributed by atoms with Crippen molar-refractivity contribution >= 4 is 9.84 Å². The monoisotopic (exact) mass is 372 g/mol. The van der Waals surface area contributed by atoms with Crippen LogP contribution >= 0.6 is 0 Å². The Morgan fingerprint density at radius 3 is 2.23 bits per heavy atom. The number of rotatable bonds is 5. The van der Waals surface area contributed by atoms with Crippen molar-refractivity contribution < 1.29 is 12.8 Å². The first-order valence-corrected chi connectivity index (χ1v) is 10.1. The van der Waals surface area contributed by atoms with Crippen LogP contribution in [0.5, 0.6) is 0 Å². The number of sulfone groups is 1. The Bertz CT molecular complexity index is 882. The van der Waals surface area contributed by atoms with Gasteiger partial charge in [-0.25, -0.2) is 12.8 Å². The molecule has 0 atom stereocenters. The molecule has 0 unspecified atom stereocenters. The zero-order valence-corrected chi connectivity index (χ0v) is 15.3. The number of benzene rings is 2. The van der Waals surface area contributed by atoms with Gasteiger partial charge in [-0.1, -0.05) is 30.3 Å². The zero-order chi connectivity index (χ0) is 18.6. The zero-order valence-electron chi connectivity index (χ0n) is 14.4. The maximum atomic E-state index is 15.3. The Labute approximate surface area is 153 Å². The molecule has 3 rings (SSSR count). The molecule has 0 radical (unpaired) electrons. The van der Waals surface area contributed by atoms with Gasteiger partial charge < -0.3 is 4.90 Å². The van der Waals surface area contributed by atoms with E-state index in [1.54, 1.807) is 0 Å². The van der Waals surface area contributed by atoms with Crippen LogP contribution in [0.15, 0.2) is 59.5 Å². The minimum absolute atomic E-state index is 0.0376. The predicted molar refractivity (Wildman–Crippen MR) is 98.0 cm³/mol. The molecule has 4 nitrogen and oxygen atoms in total. The molecule has 6 heteroatoms. The van der Waals surface area contributed by atoms with Crippen molar-refractivity contribution in [2.75, 3.05) is 19.6 Å². The molecule has 0 aromatic heterocycles. The number of halogens is 1. The highest BCUT2D eigenvalue weighted by Crippen LogP contribution is 2.36. The largest absolute Gasteiger partial charge is 0.303 e. The summed E-state index contributed by atoms with van der Waals surface area (Å²) in [6.07, 6.45) is 0.788. The van der Waals surface area contributed by atoms with Crippen LogP contribution in [-0.2, 0) is 16.3 Å². The van der Waals surface area contributed by atoms with Gasteiger partial charge in [0, 0.05) is 32.5 Å². The fourth-order valence-electron chi connectivity index (χ4n) is 3.23. The van der Waals surface area contributed by atoms with E-state index in [4.69, 9.17) is 5.26 Å². The van der Waals surface area contributed by atoms with Crippen LogP contribution in [0.25, 0.3) is 0 Å². The quantitative estimate of drug-likeness (QED) is 0.808. The molecule has 0 aliphatic carbocycles. The van der Waals surface area contributed by atoms with Gasteiger partial charge in [-0.3, -0.25) is 0 Å². The molecule has 2 aromatic carbocycles. The van der Waals surface area contributed by atoms with Crippen molar-refractivity contribution in [2.45, 2.75) is 29.2 Å². The summed E-state index contributed by atoms with van der Waals surface area (Å²) < 4.78 is 40.7. The Morgan fingerprint density at radius 1 is 1.04 bits per heavy atom. The molecule has 1 fully saturated rings. The van der Waals surface area contributed by atoms with Gasteiger partial charge in [0.25, 0.3) is 0 Å². The lowest BCUT2D eigenvalue weighted by Gasteiger charge is -2.35. The fraction of sp³-hybridized carbons (Fsp3) is 0.350. The predicted octanol–water partition coefficient (Wildman–Crippen LogP) is 3.34. The van der Waals surface area contributed by atoms with Crippen molar-refractivity contribution in [3.8, 4) is 6.07 Å². The number of hydrogen-bond donors (Lipinski definition) is 0. The summed E-state index contributed by atoms with van der Waals surface area (Å²) in [5, 5.41) is 6.57. The first-order valence-electron chi connectivity index (χ1n) is 8.65. The molecular weight excluding hydrogens is 351 g/mol. The van der Waals surface area contributed by atoms with E-state index in [2.05, 4.69) is 17.0 Å². The van der Waals surface area contributed by atoms with Crippen molar-refractivity contribution in [1.82, 2.24) is 4.90 Å². The second-order valence-electron chi connectivity index (χ2n) is 6.60. The highest BCUT2D eigenvalue weighted by molar-refractivity contribution is 7.92. The second-order valence-corrected chi connectivity index (χ2v) is 8.81. The summed E-state index contributed by atoms with van der Waals surface area (Å²) in [7, 11) is -4.08. The molecule has 0 saturated carbocycles. The maximum Gasteiger partial charge on any atom is 0.217 e. The number of nitrogens with zero attached hydrogens (tertiary/aromatic N) is 2. The van der Waals surface area contributed by atoms with E-state index in [9.17, 15) is 8.42 Å². The molecule has 136 valence electrons. The summed E-state index contributed by atoms with van der Waals surface area (Å²) in [6, 6.07) is 17.4. The molecular formula is C20H21FN2O2S. The lowest BCUT2D eigenvalue weighted by molar-refractivity contribution is 0.121. The molecule has 0 N–H and O–H groups in total. The van der Waals surface area contributed by atoms with E-state index in [0.717, 1.165) is 13.0 Å². The van der Waals surface area contributed by atoms with E-state index in [0.29, 0.717) is 18.7 Å². The minimum Gasteiger partial charge on any atom is -0.303 e. The molecule has 0 amide bonds. The van der Waals surface area contributed by atoms with Gasteiger partial charge in [0.2, 0.25) is 14.8 Å². The lowest BCUT2D eigenvalue weighted by Crippen LogP contribution is -2.46. The molecule has 1 saturated heterocycles. The highest BCUT2D eigenvalue weighted by atomic mass is 32.2. The van der Waals surface area contributed by atoms with Gasteiger partial charge in [-0.2, -0.15) is 5.26 Å². The summed E-state index contributed by atoms with van der Waals surface area (Å²) in [6.45, 7) is 1.62. The van der Waals surface area contributed by atoms with Crippen molar-refractivity contribution in [3.63, 3.8) is 0 Å². The highest BCUT2D eigenvalue weighted by Gasteiger charge is 2.47. The summed E-state index contributed by atoms with van der Waals surface area (Å²) in [4.78, 5) is 2.05. The minimum atomic E-state index is -4.08. The average molecular weight is 372 g/mol. The average Bonchev–Trinajstić information content (AvgIpc) is 2.68. The molecule has 1 aliphatic heterocycles. The summed E-state index contributed by atoms with van der Waals surface area (Å²) in [5.74, 6) is 0. The van der Waals surface area contributed by atoms with Crippen molar-refractivity contribution in [1.29, 1.82) is 5.26 Å². The van der Waals surface area contributed by atoms with Gasteiger partial charge in [-0.05, 0) is 36.2 Å². The Morgan fingerprint density at radius 2 is 1.65 bits per heavy atom. The molecule has 26 heavy (non-hydrogen) atoms. The van der Waals surface area contributed by atoms with E-state index < -0.39 is 14.8 Å². The fourth-order valence-corrected chi connectivity index (χ4v) is 4.87. The molecule has 1 aliphatic rings. The van der Waals surface area contributed by atoms with Crippen LogP contribution in [0.4, 0.5) is 4.39 Å². The van der Waals surface area contributed by atoms with E-state index in [1.165, 1.54) is 29.8 Å². The lowest BCUT2D eigenvalue weighted by atomic mass is 10.1. The van der Waals surface area contributed by atoms with Gasteiger partial charge in [0.15, 0.2) is 0 Å². The van der Waals surface area contributed by atoms with Crippen molar-refractivity contribution in [2.24, 2.45) is 0 Å². The third-order valence-corrected chi connectivity index (χ3v) is 7.20. The van der Waals surface area contributed by atoms with Crippen LogP contribution in [0.3, 0.4) is 0 Å². The Hall–Kier alpha value is -2.23. The summed E-state index contributed by atoms with van der Waals surface area (Å²) >= 11 is 0. The normalized spacial score (nSPS) is 17.5. The number of nitriles is 1. The van der Waals surface area contributed by atoms with Crippen LogP contribution in [0.2, 0.25) is 0 Å².